The highest BCUT2D eigenvalue weighted by atomic mass is 35.5. The molecule has 0 radical (unpaired) electrons. The standard InChI is InChI=1S/C22H22ClN/c1-22(14-8-3-9-15-22)20-19(16-10-4-2-5-11-16)17-12-6-7-13-18(17)21(23)24-20/h2,4-7,10-13H,3,8-9,14-15H2,1H3. The van der Waals surface area contributed by atoms with Crippen LogP contribution in [0.3, 0.4) is 0 Å². The van der Waals surface area contributed by atoms with Crippen LogP contribution in [0.25, 0.3) is 21.9 Å². The molecule has 0 saturated heterocycles. The zero-order valence-electron chi connectivity index (χ0n) is 14.1. The van der Waals surface area contributed by atoms with Gasteiger partial charge in [-0.3, -0.25) is 0 Å². The first-order valence-electron chi connectivity index (χ1n) is 8.83. The molecule has 0 aliphatic heterocycles. The Labute approximate surface area is 148 Å². The lowest BCUT2D eigenvalue weighted by Crippen LogP contribution is -2.27. The summed E-state index contributed by atoms with van der Waals surface area (Å²) in [7, 11) is 0. The van der Waals surface area contributed by atoms with Gasteiger partial charge in [0, 0.05) is 16.4 Å². The van der Waals surface area contributed by atoms with E-state index in [9.17, 15) is 0 Å². The number of halogens is 1. The molecule has 1 heterocycles. The van der Waals surface area contributed by atoms with Gasteiger partial charge in [0.1, 0.15) is 5.15 Å². The van der Waals surface area contributed by atoms with E-state index in [0.29, 0.717) is 5.15 Å². The van der Waals surface area contributed by atoms with Crippen molar-refractivity contribution < 1.29 is 0 Å². The van der Waals surface area contributed by atoms with Gasteiger partial charge in [0.15, 0.2) is 0 Å². The van der Waals surface area contributed by atoms with Gasteiger partial charge in [-0.05, 0) is 23.8 Å². The maximum atomic E-state index is 6.59. The first kappa shape index (κ1) is 15.7. The number of fused-ring (bicyclic) bond motifs is 1. The SMILES string of the molecule is CC1(c2nc(Cl)c3ccccc3c2-c2ccccc2)CCCCC1. The van der Waals surface area contributed by atoms with Crippen molar-refractivity contribution in [3.63, 3.8) is 0 Å². The summed E-state index contributed by atoms with van der Waals surface area (Å²) in [5, 5.41) is 2.89. The summed E-state index contributed by atoms with van der Waals surface area (Å²) in [6.45, 7) is 2.37. The average Bonchev–Trinajstić information content (AvgIpc) is 2.63. The summed E-state index contributed by atoms with van der Waals surface area (Å²) in [6.07, 6.45) is 6.26. The Hall–Kier alpha value is -1.86. The largest absolute Gasteiger partial charge is 0.239 e. The highest BCUT2D eigenvalue weighted by Gasteiger charge is 2.34. The zero-order chi connectivity index (χ0) is 16.6. The van der Waals surface area contributed by atoms with Crippen LogP contribution in [0.1, 0.15) is 44.7 Å². The van der Waals surface area contributed by atoms with E-state index in [1.165, 1.54) is 54.3 Å². The van der Waals surface area contributed by atoms with Crippen molar-refractivity contribution in [1.29, 1.82) is 0 Å². The van der Waals surface area contributed by atoms with E-state index in [1.54, 1.807) is 0 Å². The zero-order valence-corrected chi connectivity index (χ0v) is 14.8. The molecule has 1 aliphatic rings. The van der Waals surface area contributed by atoms with Crippen molar-refractivity contribution in [2.24, 2.45) is 0 Å². The van der Waals surface area contributed by atoms with Gasteiger partial charge in [0.25, 0.3) is 0 Å². The monoisotopic (exact) mass is 335 g/mol. The molecule has 2 heteroatoms. The number of aromatic nitrogens is 1. The molecule has 0 spiro atoms. The van der Waals surface area contributed by atoms with Gasteiger partial charge in [-0.2, -0.15) is 0 Å². The van der Waals surface area contributed by atoms with Crippen molar-refractivity contribution in [2.75, 3.05) is 0 Å². The van der Waals surface area contributed by atoms with Crippen molar-refractivity contribution in [1.82, 2.24) is 4.98 Å². The van der Waals surface area contributed by atoms with Crippen molar-refractivity contribution in [3.8, 4) is 11.1 Å². The molecule has 0 amide bonds. The average molecular weight is 336 g/mol. The Bertz CT molecular complexity index is 864. The molecule has 1 aliphatic carbocycles. The van der Waals surface area contributed by atoms with Crippen molar-refractivity contribution in [2.45, 2.75) is 44.4 Å². The van der Waals surface area contributed by atoms with E-state index in [2.05, 4.69) is 55.5 Å². The van der Waals surface area contributed by atoms with Gasteiger partial charge in [0.05, 0.1) is 5.69 Å². The summed E-state index contributed by atoms with van der Waals surface area (Å²) < 4.78 is 0. The second-order valence-corrected chi connectivity index (χ2v) is 7.52. The molecule has 1 fully saturated rings. The van der Waals surface area contributed by atoms with E-state index in [-0.39, 0.29) is 5.41 Å². The molecule has 1 saturated carbocycles. The first-order valence-corrected chi connectivity index (χ1v) is 9.21. The van der Waals surface area contributed by atoms with Crippen molar-refractivity contribution in [3.05, 3.63) is 65.4 Å². The lowest BCUT2D eigenvalue weighted by Gasteiger charge is -2.35. The second-order valence-electron chi connectivity index (χ2n) is 7.16. The second kappa shape index (κ2) is 6.22. The van der Waals surface area contributed by atoms with Gasteiger partial charge in [-0.15, -0.1) is 0 Å². The van der Waals surface area contributed by atoms with Crippen LogP contribution in [0.15, 0.2) is 54.6 Å². The Balaban J connectivity index is 2.05. The molecule has 0 N–H and O–H groups in total. The van der Waals surface area contributed by atoms with Gasteiger partial charge in [-0.1, -0.05) is 92.4 Å². The summed E-state index contributed by atoms with van der Waals surface area (Å²) >= 11 is 6.59. The fourth-order valence-corrected chi connectivity index (χ4v) is 4.37. The number of hydrogen-bond donors (Lipinski definition) is 0. The fraction of sp³-hybridized carbons (Fsp3) is 0.318. The molecule has 4 rings (SSSR count). The van der Waals surface area contributed by atoms with Gasteiger partial charge >= 0.3 is 0 Å². The summed E-state index contributed by atoms with van der Waals surface area (Å²) in [6, 6.07) is 19.0. The lowest BCUT2D eigenvalue weighted by molar-refractivity contribution is 0.313. The smallest absolute Gasteiger partial charge is 0.137 e. The molecular weight excluding hydrogens is 314 g/mol. The van der Waals surface area contributed by atoms with E-state index < -0.39 is 0 Å². The Morgan fingerprint density at radius 2 is 1.46 bits per heavy atom. The lowest BCUT2D eigenvalue weighted by atomic mass is 9.71. The maximum absolute atomic E-state index is 6.59. The van der Waals surface area contributed by atoms with Crippen LogP contribution in [-0.4, -0.2) is 4.98 Å². The van der Waals surface area contributed by atoms with Gasteiger partial charge < -0.3 is 0 Å². The number of benzene rings is 2. The van der Waals surface area contributed by atoms with E-state index in [0.717, 1.165) is 5.39 Å². The highest BCUT2D eigenvalue weighted by molar-refractivity contribution is 6.34. The summed E-state index contributed by atoms with van der Waals surface area (Å²) in [4.78, 5) is 4.94. The quantitative estimate of drug-likeness (QED) is 0.470. The molecule has 0 atom stereocenters. The molecule has 3 aromatic rings. The molecule has 122 valence electrons. The number of nitrogens with zero attached hydrogens (tertiary/aromatic N) is 1. The minimum absolute atomic E-state index is 0.108. The third kappa shape index (κ3) is 2.61. The minimum Gasteiger partial charge on any atom is -0.239 e. The molecule has 24 heavy (non-hydrogen) atoms. The van der Waals surface area contributed by atoms with Gasteiger partial charge in [-0.25, -0.2) is 4.98 Å². The predicted octanol–water partition coefficient (Wildman–Crippen LogP) is 6.78. The first-order chi connectivity index (χ1) is 11.7. The molecule has 2 aromatic carbocycles. The van der Waals surface area contributed by atoms with Crippen LogP contribution in [0.2, 0.25) is 5.15 Å². The van der Waals surface area contributed by atoms with Crippen LogP contribution in [0, 0.1) is 0 Å². The Morgan fingerprint density at radius 1 is 0.833 bits per heavy atom. The van der Waals surface area contributed by atoms with Crippen LogP contribution in [-0.2, 0) is 5.41 Å². The van der Waals surface area contributed by atoms with Crippen LogP contribution >= 0.6 is 11.6 Å². The van der Waals surface area contributed by atoms with Crippen LogP contribution in [0.4, 0.5) is 0 Å². The molecule has 0 bridgehead atoms. The van der Waals surface area contributed by atoms with E-state index in [4.69, 9.17) is 16.6 Å². The van der Waals surface area contributed by atoms with Crippen LogP contribution in [0.5, 0.6) is 0 Å². The van der Waals surface area contributed by atoms with Gasteiger partial charge in [0.2, 0.25) is 0 Å². The third-order valence-electron chi connectivity index (χ3n) is 5.46. The minimum atomic E-state index is 0.108. The third-order valence-corrected chi connectivity index (χ3v) is 5.74. The summed E-state index contributed by atoms with van der Waals surface area (Å²) in [5.74, 6) is 0. The molecular formula is C22H22ClN. The molecule has 0 unspecified atom stereocenters. The number of pyridine rings is 1. The van der Waals surface area contributed by atoms with E-state index >= 15 is 0 Å². The van der Waals surface area contributed by atoms with Crippen LogP contribution < -0.4 is 0 Å². The number of rotatable bonds is 2. The Morgan fingerprint density at radius 3 is 2.17 bits per heavy atom. The fourth-order valence-electron chi connectivity index (χ4n) is 4.13. The Kier molecular flexibility index (Phi) is 4.05. The molecule has 1 aromatic heterocycles. The topological polar surface area (TPSA) is 12.9 Å². The predicted molar refractivity (Wildman–Crippen MR) is 103 cm³/mol. The van der Waals surface area contributed by atoms with Crippen molar-refractivity contribution >= 4 is 22.4 Å². The number of hydrogen-bond acceptors (Lipinski definition) is 1. The highest BCUT2D eigenvalue weighted by Crippen LogP contribution is 2.45. The molecule has 1 nitrogen and oxygen atoms in total. The van der Waals surface area contributed by atoms with E-state index in [1.807, 2.05) is 6.07 Å². The maximum Gasteiger partial charge on any atom is 0.137 e. The normalized spacial score (nSPS) is 17.1. The summed E-state index contributed by atoms with van der Waals surface area (Å²) in [5.41, 5.74) is 3.79.